The van der Waals surface area contributed by atoms with E-state index in [1.54, 1.807) is 12.4 Å². The zero-order chi connectivity index (χ0) is 26.4. The number of quaternary nitrogens is 1. The van der Waals surface area contributed by atoms with E-state index in [1.807, 2.05) is 24.4 Å². The first-order valence-corrected chi connectivity index (χ1v) is 11.6. The summed E-state index contributed by atoms with van der Waals surface area (Å²) in [4.78, 5) is 11.0. The predicted molar refractivity (Wildman–Crippen MR) is 124 cm³/mol. The average molecular weight is 521 g/mol. The monoisotopic (exact) mass is 521 g/mol. The lowest BCUT2D eigenvalue weighted by atomic mass is 10.00. The van der Waals surface area contributed by atoms with Gasteiger partial charge in [0.15, 0.2) is 5.65 Å². The maximum Gasteiger partial charge on any atom is 0.416 e. The van der Waals surface area contributed by atoms with Gasteiger partial charge in [0.1, 0.15) is 0 Å². The first kappa shape index (κ1) is 25.0. The Morgan fingerprint density at radius 1 is 0.919 bits per heavy atom. The molecule has 1 aliphatic rings. The number of anilines is 1. The maximum absolute atomic E-state index is 13.4. The molecule has 37 heavy (non-hydrogen) atoms. The topological polar surface area (TPSA) is 62.9 Å². The van der Waals surface area contributed by atoms with Gasteiger partial charge >= 0.3 is 18.3 Å². The average Bonchev–Trinajstić information content (AvgIpc) is 3.25. The molecule has 5 rings (SSSR count). The second-order valence-corrected chi connectivity index (χ2v) is 9.10. The Hall–Kier alpha value is -3.67. The van der Waals surface area contributed by atoms with Gasteiger partial charge in [0.2, 0.25) is 0 Å². The molecule has 4 heterocycles. The zero-order valence-electron chi connectivity index (χ0n) is 19.7. The molecule has 2 N–H and O–H groups in total. The molecule has 12 heteroatoms. The Balaban J connectivity index is 1.40. The number of piperidine rings is 1. The van der Waals surface area contributed by atoms with Crippen LogP contribution in [0.15, 0.2) is 54.9 Å². The van der Waals surface area contributed by atoms with Gasteiger partial charge in [-0.1, -0.05) is 5.10 Å². The highest BCUT2D eigenvalue weighted by atomic mass is 19.4. The number of nitrogens with two attached hydrogens (primary N) is 1. The Morgan fingerprint density at radius 3 is 2.22 bits per heavy atom. The first-order chi connectivity index (χ1) is 17.5. The van der Waals surface area contributed by atoms with E-state index in [0.717, 1.165) is 37.3 Å². The number of halogens is 6. The largest absolute Gasteiger partial charge is 0.416 e. The van der Waals surface area contributed by atoms with Gasteiger partial charge in [-0.05, 0) is 55.0 Å². The molecule has 1 fully saturated rings. The van der Waals surface area contributed by atoms with Crippen molar-refractivity contribution in [2.75, 3.05) is 18.0 Å². The van der Waals surface area contributed by atoms with Crippen molar-refractivity contribution in [3.05, 3.63) is 71.7 Å². The number of pyridine rings is 2. The molecule has 4 aromatic rings. The molecule has 0 saturated carbocycles. The van der Waals surface area contributed by atoms with Crippen molar-refractivity contribution in [1.82, 2.24) is 19.6 Å². The number of rotatable bonds is 4. The highest BCUT2D eigenvalue weighted by Gasteiger charge is 2.37. The summed E-state index contributed by atoms with van der Waals surface area (Å²) in [6, 6.07) is 8.69. The van der Waals surface area contributed by atoms with Gasteiger partial charge in [-0.15, -0.1) is 0 Å². The van der Waals surface area contributed by atoms with Crippen molar-refractivity contribution in [3.63, 3.8) is 0 Å². The van der Waals surface area contributed by atoms with Crippen LogP contribution >= 0.6 is 0 Å². The summed E-state index contributed by atoms with van der Waals surface area (Å²) in [5.74, 6) is 0.383. The molecule has 194 valence electrons. The van der Waals surface area contributed by atoms with Crippen LogP contribution < -0.4 is 10.2 Å². The van der Waals surface area contributed by atoms with Crippen molar-refractivity contribution in [2.45, 2.75) is 38.2 Å². The Bertz CT molecular complexity index is 1390. The minimum Gasteiger partial charge on any atom is -0.371 e. The molecule has 0 unspecified atom stereocenters. The second kappa shape index (κ2) is 9.33. The summed E-state index contributed by atoms with van der Waals surface area (Å²) in [5.41, 5.74) is -0.601. The minimum absolute atomic E-state index is 0.117. The van der Waals surface area contributed by atoms with E-state index in [0.29, 0.717) is 18.1 Å². The van der Waals surface area contributed by atoms with Crippen molar-refractivity contribution < 1.29 is 31.7 Å². The lowest BCUT2D eigenvalue weighted by molar-refractivity contribution is -0.619. The van der Waals surface area contributed by atoms with Crippen LogP contribution in [0.5, 0.6) is 0 Å². The number of benzene rings is 1. The fraction of sp³-hybridized carbons (Fsp3) is 0.320. The summed E-state index contributed by atoms with van der Waals surface area (Å²) in [6.07, 6.45) is -4.81. The molecule has 1 aromatic carbocycles. The molecule has 1 aliphatic heterocycles. The number of fused-ring (bicyclic) bond motifs is 1. The van der Waals surface area contributed by atoms with Crippen molar-refractivity contribution in [1.29, 1.82) is 0 Å². The Morgan fingerprint density at radius 2 is 1.59 bits per heavy atom. The van der Waals surface area contributed by atoms with Crippen molar-refractivity contribution >= 4 is 17.3 Å². The third-order valence-electron chi connectivity index (χ3n) is 6.45. The summed E-state index contributed by atoms with van der Waals surface area (Å²) in [5, 5.41) is 6.32. The highest BCUT2D eigenvalue weighted by Crippen LogP contribution is 2.39. The van der Waals surface area contributed by atoms with Crippen LogP contribution in [-0.2, 0) is 12.4 Å². The number of hydrogen-bond acceptors (Lipinski definition) is 4. The standard InChI is InChI=1S/C25H22F6N6/c1-15-11-20(4-7-32-15)36-9-5-19(6-10-36)33-23-34-22-21(3-2-8-37(22)35-23)16-12-17(24(26,27)28)14-18(13-16)25(29,30)31/h2-4,7-8,11-14,19H,5-6,9-10H2,1H3,(H,33,35)/p+1. The van der Waals surface area contributed by atoms with E-state index >= 15 is 0 Å². The predicted octanol–water partition coefficient (Wildman–Crippen LogP) is 5.00. The van der Waals surface area contributed by atoms with Gasteiger partial charge in [-0.25, -0.2) is 4.52 Å². The van der Waals surface area contributed by atoms with E-state index in [1.165, 1.54) is 16.6 Å². The lowest BCUT2D eigenvalue weighted by Crippen LogP contribution is -2.86. The molecule has 1 saturated heterocycles. The maximum atomic E-state index is 13.4. The van der Waals surface area contributed by atoms with Crippen LogP contribution in [0.2, 0.25) is 0 Å². The van der Waals surface area contributed by atoms with Crippen LogP contribution in [0.3, 0.4) is 0 Å². The van der Waals surface area contributed by atoms with Gasteiger partial charge in [-0.3, -0.25) is 10.3 Å². The summed E-state index contributed by atoms with van der Waals surface area (Å²) in [7, 11) is 0. The number of hydrogen-bond donors (Lipinski definition) is 1. The lowest BCUT2D eigenvalue weighted by Gasteiger charge is -2.31. The fourth-order valence-electron chi connectivity index (χ4n) is 4.59. The Kier molecular flexibility index (Phi) is 6.30. The molecule has 0 spiro atoms. The Labute approximate surface area is 208 Å². The third-order valence-corrected chi connectivity index (χ3v) is 6.45. The highest BCUT2D eigenvalue weighted by molar-refractivity contribution is 5.78. The van der Waals surface area contributed by atoms with E-state index in [9.17, 15) is 26.3 Å². The first-order valence-electron chi connectivity index (χ1n) is 11.6. The normalized spacial score (nSPS) is 15.5. The van der Waals surface area contributed by atoms with Crippen LogP contribution in [0, 0.1) is 6.92 Å². The molecule has 0 aliphatic carbocycles. The zero-order valence-corrected chi connectivity index (χ0v) is 19.7. The van der Waals surface area contributed by atoms with Crippen LogP contribution in [0.25, 0.3) is 16.8 Å². The minimum atomic E-state index is -4.93. The molecule has 0 radical (unpaired) electrons. The van der Waals surface area contributed by atoms with Gasteiger partial charge in [0.05, 0.1) is 17.2 Å². The fourth-order valence-corrected chi connectivity index (χ4v) is 4.59. The summed E-state index contributed by atoms with van der Waals surface area (Å²) < 4.78 is 81.6. The van der Waals surface area contributed by atoms with Crippen LogP contribution in [0.4, 0.5) is 38.0 Å². The summed E-state index contributed by atoms with van der Waals surface area (Å²) >= 11 is 0. The van der Waals surface area contributed by atoms with E-state index < -0.39 is 23.5 Å². The molecular weight excluding hydrogens is 498 g/mol. The number of nitrogens with zero attached hydrogens (tertiary/aromatic N) is 5. The second-order valence-electron chi connectivity index (χ2n) is 9.10. The SMILES string of the molecule is Cc1cc(N2CCC([NH2+]c3nc4c(-c5cc(C(F)(F)F)cc(C(F)(F)F)c5)cccn4n3)CC2)ccn1. The van der Waals surface area contributed by atoms with Gasteiger partial charge < -0.3 is 4.90 Å². The van der Waals surface area contributed by atoms with E-state index in [-0.39, 0.29) is 28.9 Å². The number of alkyl halides is 6. The molecular formula is C25H23F6N6+. The quantitative estimate of drug-likeness (QED) is 0.384. The van der Waals surface area contributed by atoms with E-state index in [4.69, 9.17) is 0 Å². The van der Waals surface area contributed by atoms with E-state index in [2.05, 4.69) is 20.0 Å². The van der Waals surface area contributed by atoms with Crippen molar-refractivity contribution in [3.8, 4) is 11.1 Å². The molecule has 0 bridgehead atoms. The van der Waals surface area contributed by atoms with Crippen LogP contribution in [0.1, 0.15) is 29.7 Å². The van der Waals surface area contributed by atoms with Crippen molar-refractivity contribution in [2.24, 2.45) is 0 Å². The van der Waals surface area contributed by atoms with Gasteiger partial charge in [0, 0.05) is 55.3 Å². The molecule has 0 atom stereocenters. The van der Waals surface area contributed by atoms with Gasteiger partial charge in [0.25, 0.3) is 0 Å². The number of aromatic nitrogens is 4. The smallest absolute Gasteiger partial charge is 0.371 e. The number of aryl methyl sites for hydroxylation is 1. The molecule has 6 nitrogen and oxygen atoms in total. The summed E-state index contributed by atoms with van der Waals surface area (Å²) in [6.45, 7) is 3.60. The molecule has 0 amide bonds. The third kappa shape index (κ3) is 5.38. The van der Waals surface area contributed by atoms with Gasteiger partial charge in [-0.2, -0.15) is 31.3 Å². The van der Waals surface area contributed by atoms with Crippen LogP contribution in [-0.4, -0.2) is 38.7 Å². The molecule has 3 aromatic heterocycles.